The molecule has 0 aromatic heterocycles. The molecule has 0 atom stereocenters. The van der Waals surface area contributed by atoms with Gasteiger partial charge in [-0.05, 0) is 42.5 Å². The van der Waals surface area contributed by atoms with Crippen LogP contribution in [0.1, 0.15) is 38.5 Å². The first-order chi connectivity index (χ1) is 9.58. The number of nitrogens with zero attached hydrogens (tertiary/aromatic N) is 1. The second-order valence-electron chi connectivity index (χ2n) is 5.80. The number of hydrogen-bond donors (Lipinski definition) is 1. The average Bonchev–Trinajstić information content (AvgIpc) is 2.84. The molecule has 0 bridgehead atoms. The second kappa shape index (κ2) is 5.09. The fraction of sp³-hybridized carbons (Fsp3) is 0.467. The molecule has 0 radical (unpaired) electrons. The van der Waals surface area contributed by atoms with E-state index in [0.29, 0.717) is 23.6 Å². The third-order valence-corrected chi connectivity index (χ3v) is 4.55. The monoisotopic (exact) mass is 292 g/mol. The Kier molecular flexibility index (Phi) is 3.42. The highest BCUT2D eigenvalue weighted by Crippen LogP contribution is 2.46. The van der Waals surface area contributed by atoms with Gasteiger partial charge in [0.2, 0.25) is 11.8 Å². The Morgan fingerprint density at radius 2 is 1.55 bits per heavy atom. The summed E-state index contributed by atoms with van der Waals surface area (Å²) in [5, 5.41) is 1.78. The molecule has 1 aromatic rings. The standard InChI is InChI=1S/C15H17ClN2O2/c16-11-3-5-12(6-4-11)17-18-13(19)9-15(10-14(18)20)7-1-2-8-15/h3-6,17H,1-2,7-10H2. The Bertz CT molecular complexity index is 515. The molecule has 1 spiro atoms. The van der Waals surface area contributed by atoms with Crippen LogP contribution in [0.5, 0.6) is 0 Å². The van der Waals surface area contributed by atoms with Crippen molar-refractivity contribution in [2.24, 2.45) is 5.41 Å². The van der Waals surface area contributed by atoms with E-state index in [-0.39, 0.29) is 17.2 Å². The summed E-state index contributed by atoms with van der Waals surface area (Å²) in [7, 11) is 0. The van der Waals surface area contributed by atoms with E-state index in [9.17, 15) is 9.59 Å². The number of piperidine rings is 1. The minimum Gasteiger partial charge on any atom is -0.289 e. The molecule has 1 N–H and O–H groups in total. The molecular formula is C15H17ClN2O2. The largest absolute Gasteiger partial charge is 0.289 e. The minimum atomic E-state index is -0.127. The third kappa shape index (κ3) is 2.52. The fourth-order valence-electron chi connectivity index (χ4n) is 3.26. The summed E-state index contributed by atoms with van der Waals surface area (Å²) in [5.41, 5.74) is 3.52. The zero-order valence-corrected chi connectivity index (χ0v) is 11.9. The van der Waals surface area contributed by atoms with Gasteiger partial charge in [0.1, 0.15) is 0 Å². The Morgan fingerprint density at radius 1 is 1.00 bits per heavy atom. The minimum absolute atomic E-state index is 0.0632. The van der Waals surface area contributed by atoms with Crippen molar-refractivity contribution >= 4 is 29.1 Å². The summed E-state index contributed by atoms with van der Waals surface area (Å²) < 4.78 is 0. The maximum Gasteiger partial charge on any atom is 0.248 e. The summed E-state index contributed by atoms with van der Waals surface area (Å²) in [5.74, 6) is -0.254. The lowest BCUT2D eigenvalue weighted by Crippen LogP contribution is -2.49. The number of benzene rings is 1. The number of hydrazine groups is 1. The molecule has 1 saturated carbocycles. The Balaban J connectivity index is 1.73. The average molecular weight is 293 g/mol. The highest BCUT2D eigenvalue weighted by Gasteiger charge is 2.45. The summed E-state index contributed by atoms with van der Waals surface area (Å²) in [6.45, 7) is 0. The Hall–Kier alpha value is -1.55. The number of imide groups is 1. The maximum atomic E-state index is 12.3. The smallest absolute Gasteiger partial charge is 0.248 e. The van der Waals surface area contributed by atoms with E-state index in [1.54, 1.807) is 24.3 Å². The molecule has 1 heterocycles. The second-order valence-corrected chi connectivity index (χ2v) is 6.24. The van der Waals surface area contributed by atoms with Gasteiger partial charge in [-0.25, -0.2) is 0 Å². The molecule has 1 aliphatic heterocycles. The quantitative estimate of drug-likeness (QED) is 0.850. The van der Waals surface area contributed by atoms with Crippen LogP contribution in [0.3, 0.4) is 0 Å². The number of hydrogen-bond acceptors (Lipinski definition) is 3. The van der Waals surface area contributed by atoms with Gasteiger partial charge in [-0.15, -0.1) is 0 Å². The molecule has 4 nitrogen and oxygen atoms in total. The van der Waals surface area contributed by atoms with Gasteiger partial charge in [0.25, 0.3) is 0 Å². The number of nitrogens with one attached hydrogen (secondary N) is 1. The molecule has 1 aliphatic carbocycles. The number of carbonyl (C=O) groups excluding carboxylic acids is 2. The van der Waals surface area contributed by atoms with E-state index in [1.807, 2.05) is 0 Å². The molecule has 2 amide bonds. The van der Waals surface area contributed by atoms with E-state index < -0.39 is 0 Å². The van der Waals surface area contributed by atoms with Gasteiger partial charge in [-0.1, -0.05) is 24.4 Å². The SMILES string of the molecule is O=C1CC2(CCCC2)CC(=O)N1Nc1ccc(Cl)cc1. The molecule has 3 rings (SSSR count). The number of amides is 2. The van der Waals surface area contributed by atoms with Crippen molar-refractivity contribution in [2.75, 3.05) is 5.43 Å². The molecule has 106 valence electrons. The van der Waals surface area contributed by atoms with E-state index >= 15 is 0 Å². The van der Waals surface area contributed by atoms with Crippen LogP contribution in [-0.4, -0.2) is 16.8 Å². The van der Waals surface area contributed by atoms with Crippen molar-refractivity contribution in [1.82, 2.24) is 5.01 Å². The highest BCUT2D eigenvalue weighted by molar-refractivity contribution is 6.30. The van der Waals surface area contributed by atoms with E-state index in [0.717, 1.165) is 30.7 Å². The van der Waals surface area contributed by atoms with Gasteiger partial charge >= 0.3 is 0 Å². The lowest BCUT2D eigenvalue weighted by molar-refractivity contribution is -0.151. The van der Waals surface area contributed by atoms with Crippen molar-refractivity contribution in [3.63, 3.8) is 0 Å². The van der Waals surface area contributed by atoms with Gasteiger partial charge in [0.05, 0.1) is 5.69 Å². The molecule has 1 aromatic carbocycles. The van der Waals surface area contributed by atoms with Crippen LogP contribution in [-0.2, 0) is 9.59 Å². The fourth-order valence-corrected chi connectivity index (χ4v) is 3.38. The highest BCUT2D eigenvalue weighted by atomic mass is 35.5. The number of carbonyl (C=O) groups is 2. The Labute approximate surface area is 123 Å². The molecule has 2 aliphatic rings. The van der Waals surface area contributed by atoms with Crippen molar-refractivity contribution < 1.29 is 9.59 Å². The molecule has 20 heavy (non-hydrogen) atoms. The van der Waals surface area contributed by atoms with Crippen molar-refractivity contribution in [1.29, 1.82) is 0 Å². The van der Waals surface area contributed by atoms with Gasteiger partial charge in [0.15, 0.2) is 0 Å². The van der Waals surface area contributed by atoms with E-state index in [4.69, 9.17) is 11.6 Å². The molecular weight excluding hydrogens is 276 g/mol. The molecule has 1 saturated heterocycles. The Morgan fingerprint density at radius 3 is 2.10 bits per heavy atom. The predicted octanol–water partition coefficient (Wildman–Crippen LogP) is 3.38. The van der Waals surface area contributed by atoms with Crippen molar-refractivity contribution in [3.8, 4) is 0 Å². The van der Waals surface area contributed by atoms with Gasteiger partial charge in [-0.3, -0.25) is 15.0 Å². The summed E-state index contributed by atoms with van der Waals surface area (Å²) in [4.78, 5) is 24.5. The van der Waals surface area contributed by atoms with Crippen LogP contribution in [0.4, 0.5) is 5.69 Å². The van der Waals surface area contributed by atoms with Crippen LogP contribution in [0.25, 0.3) is 0 Å². The zero-order chi connectivity index (χ0) is 14.2. The lowest BCUT2D eigenvalue weighted by Gasteiger charge is -2.37. The first kappa shape index (κ1) is 13.4. The molecule has 5 heteroatoms. The number of halogens is 1. The lowest BCUT2D eigenvalue weighted by atomic mass is 9.77. The predicted molar refractivity (Wildman–Crippen MR) is 77.1 cm³/mol. The summed E-state index contributed by atoms with van der Waals surface area (Å²) in [6, 6.07) is 6.95. The van der Waals surface area contributed by atoms with Crippen LogP contribution in [0, 0.1) is 5.41 Å². The number of rotatable bonds is 2. The summed E-state index contributed by atoms with van der Waals surface area (Å²) in [6.07, 6.45) is 5.20. The van der Waals surface area contributed by atoms with Crippen LogP contribution in [0.2, 0.25) is 5.02 Å². The number of anilines is 1. The van der Waals surface area contributed by atoms with Gasteiger partial charge in [-0.2, -0.15) is 5.01 Å². The van der Waals surface area contributed by atoms with E-state index in [2.05, 4.69) is 5.43 Å². The van der Waals surface area contributed by atoms with Crippen LogP contribution in [0.15, 0.2) is 24.3 Å². The van der Waals surface area contributed by atoms with Crippen molar-refractivity contribution in [3.05, 3.63) is 29.3 Å². The van der Waals surface area contributed by atoms with Gasteiger partial charge in [0, 0.05) is 17.9 Å². The van der Waals surface area contributed by atoms with Gasteiger partial charge < -0.3 is 0 Å². The topological polar surface area (TPSA) is 49.4 Å². The molecule has 2 fully saturated rings. The molecule has 0 unspecified atom stereocenters. The van der Waals surface area contributed by atoms with Crippen LogP contribution >= 0.6 is 11.6 Å². The zero-order valence-electron chi connectivity index (χ0n) is 11.2. The first-order valence-corrected chi connectivity index (χ1v) is 7.34. The maximum absolute atomic E-state index is 12.3. The normalized spacial score (nSPS) is 21.6. The first-order valence-electron chi connectivity index (χ1n) is 6.96. The summed E-state index contributed by atoms with van der Waals surface area (Å²) >= 11 is 5.82. The van der Waals surface area contributed by atoms with Crippen LogP contribution < -0.4 is 5.43 Å². The van der Waals surface area contributed by atoms with E-state index in [1.165, 1.54) is 0 Å². The van der Waals surface area contributed by atoms with Crippen molar-refractivity contribution in [2.45, 2.75) is 38.5 Å². The third-order valence-electron chi connectivity index (χ3n) is 4.30.